The lowest BCUT2D eigenvalue weighted by Crippen LogP contribution is -2.27. The zero-order valence-electron chi connectivity index (χ0n) is 12.5. The van der Waals surface area contributed by atoms with Crippen LogP contribution in [0.25, 0.3) is 11.0 Å². The van der Waals surface area contributed by atoms with Crippen LogP contribution in [0.4, 0.5) is 0 Å². The molecule has 5 nitrogen and oxygen atoms in total. The number of benzene rings is 1. The van der Waals surface area contributed by atoms with Crippen LogP contribution in [0.3, 0.4) is 0 Å². The molecule has 3 rings (SSSR count). The van der Waals surface area contributed by atoms with Gasteiger partial charge in [-0.3, -0.25) is 4.90 Å². The van der Waals surface area contributed by atoms with Crippen LogP contribution < -0.4 is 5.63 Å². The predicted octanol–water partition coefficient (Wildman–Crippen LogP) is 1.72. The normalized spacial score (nSPS) is 19.1. The second-order valence-corrected chi connectivity index (χ2v) is 8.18. The summed E-state index contributed by atoms with van der Waals surface area (Å²) in [6, 6.07) is 7.31. The van der Waals surface area contributed by atoms with Gasteiger partial charge in [-0.25, -0.2) is 13.2 Å². The van der Waals surface area contributed by atoms with Crippen molar-refractivity contribution in [2.75, 3.05) is 24.6 Å². The van der Waals surface area contributed by atoms with Gasteiger partial charge in [-0.2, -0.15) is 0 Å². The van der Waals surface area contributed by atoms with Crippen LogP contribution in [-0.2, 0) is 16.4 Å². The minimum atomic E-state index is -2.92. The van der Waals surface area contributed by atoms with Crippen molar-refractivity contribution in [2.24, 2.45) is 0 Å². The summed E-state index contributed by atoms with van der Waals surface area (Å²) in [7, 11) is -2.92. The highest BCUT2D eigenvalue weighted by Crippen LogP contribution is 2.20. The van der Waals surface area contributed by atoms with E-state index in [0.717, 1.165) is 23.1 Å². The molecule has 0 aliphatic carbocycles. The van der Waals surface area contributed by atoms with E-state index in [0.29, 0.717) is 25.1 Å². The van der Waals surface area contributed by atoms with Crippen LogP contribution in [0.15, 0.2) is 33.5 Å². The van der Waals surface area contributed by atoms with Crippen molar-refractivity contribution in [3.63, 3.8) is 0 Å². The third kappa shape index (κ3) is 3.39. The summed E-state index contributed by atoms with van der Waals surface area (Å²) in [4.78, 5) is 13.8. The molecule has 1 aromatic heterocycles. The van der Waals surface area contributed by atoms with Crippen LogP contribution in [0.2, 0.25) is 0 Å². The molecule has 6 heteroatoms. The van der Waals surface area contributed by atoms with Crippen molar-refractivity contribution in [1.82, 2.24) is 4.90 Å². The predicted molar refractivity (Wildman–Crippen MR) is 85.8 cm³/mol. The number of rotatable bonds is 2. The molecule has 1 aromatic carbocycles. The summed E-state index contributed by atoms with van der Waals surface area (Å²) in [5.74, 6) is 0.436. The van der Waals surface area contributed by atoms with Gasteiger partial charge in [-0.05, 0) is 37.1 Å². The summed E-state index contributed by atoms with van der Waals surface area (Å²) >= 11 is 0. The molecule has 1 fully saturated rings. The SMILES string of the molecule is Cc1ccc2c(CN3CCCS(=O)(=O)CC3)cc(=O)oc2c1. The van der Waals surface area contributed by atoms with E-state index >= 15 is 0 Å². The highest BCUT2D eigenvalue weighted by atomic mass is 32.2. The van der Waals surface area contributed by atoms with Gasteiger partial charge in [0.1, 0.15) is 5.58 Å². The number of hydrogen-bond donors (Lipinski definition) is 0. The van der Waals surface area contributed by atoms with Gasteiger partial charge in [-0.15, -0.1) is 0 Å². The van der Waals surface area contributed by atoms with Crippen LogP contribution in [0.5, 0.6) is 0 Å². The van der Waals surface area contributed by atoms with E-state index < -0.39 is 9.84 Å². The Morgan fingerprint density at radius 3 is 2.82 bits per heavy atom. The largest absolute Gasteiger partial charge is 0.423 e. The fourth-order valence-corrected chi connectivity index (χ4v) is 4.17. The van der Waals surface area contributed by atoms with Crippen molar-refractivity contribution in [1.29, 1.82) is 0 Å². The summed E-state index contributed by atoms with van der Waals surface area (Å²) in [5, 5.41) is 0.914. The fraction of sp³-hybridized carbons (Fsp3) is 0.438. The van der Waals surface area contributed by atoms with E-state index in [9.17, 15) is 13.2 Å². The van der Waals surface area contributed by atoms with Crippen molar-refractivity contribution < 1.29 is 12.8 Å². The molecular weight excluding hydrogens is 302 g/mol. The number of sulfone groups is 1. The van der Waals surface area contributed by atoms with Gasteiger partial charge in [0.2, 0.25) is 0 Å². The third-order valence-electron chi connectivity index (χ3n) is 4.03. The van der Waals surface area contributed by atoms with Crippen molar-refractivity contribution in [3.05, 3.63) is 45.8 Å². The lowest BCUT2D eigenvalue weighted by atomic mass is 10.1. The quantitative estimate of drug-likeness (QED) is 0.788. The molecule has 0 N–H and O–H groups in total. The lowest BCUT2D eigenvalue weighted by molar-refractivity contribution is 0.287. The topological polar surface area (TPSA) is 67.6 Å². The Bertz CT molecular complexity index is 854. The average molecular weight is 321 g/mol. The number of hydrogen-bond acceptors (Lipinski definition) is 5. The van der Waals surface area contributed by atoms with Crippen LogP contribution in [-0.4, -0.2) is 37.9 Å². The van der Waals surface area contributed by atoms with Crippen LogP contribution in [0.1, 0.15) is 17.5 Å². The van der Waals surface area contributed by atoms with E-state index in [-0.39, 0.29) is 17.1 Å². The standard InChI is InChI=1S/C16H19NO4S/c1-12-3-4-14-13(10-16(18)21-15(14)9-12)11-17-5-2-7-22(19,20)8-6-17/h3-4,9-10H,2,5-8,11H2,1H3. The zero-order valence-corrected chi connectivity index (χ0v) is 13.4. The van der Waals surface area contributed by atoms with Gasteiger partial charge < -0.3 is 4.42 Å². The molecule has 0 saturated carbocycles. The molecule has 22 heavy (non-hydrogen) atoms. The van der Waals surface area contributed by atoms with E-state index in [2.05, 4.69) is 4.90 Å². The maximum atomic E-state index is 11.7. The van der Waals surface area contributed by atoms with Gasteiger partial charge in [0, 0.05) is 24.5 Å². The molecule has 118 valence electrons. The molecule has 0 radical (unpaired) electrons. The minimum Gasteiger partial charge on any atom is -0.423 e. The molecule has 0 amide bonds. The van der Waals surface area contributed by atoms with Crippen LogP contribution in [0, 0.1) is 6.92 Å². The molecule has 0 bridgehead atoms. The van der Waals surface area contributed by atoms with Gasteiger partial charge >= 0.3 is 5.63 Å². The van der Waals surface area contributed by atoms with Crippen molar-refractivity contribution in [3.8, 4) is 0 Å². The van der Waals surface area contributed by atoms with Crippen molar-refractivity contribution >= 4 is 20.8 Å². The van der Waals surface area contributed by atoms with Gasteiger partial charge in [0.05, 0.1) is 11.5 Å². The molecule has 2 aromatic rings. The summed E-state index contributed by atoms with van der Waals surface area (Å²) in [5.41, 5.74) is 2.15. The summed E-state index contributed by atoms with van der Waals surface area (Å²) in [6.07, 6.45) is 0.640. The first kappa shape index (κ1) is 15.2. The molecule has 0 unspecified atom stereocenters. The van der Waals surface area contributed by atoms with Gasteiger partial charge in [-0.1, -0.05) is 12.1 Å². The Balaban J connectivity index is 1.92. The summed E-state index contributed by atoms with van der Waals surface area (Å²) in [6.45, 7) is 3.76. The zero-order chi connectivity index (χ0) is 15.7. The molecule has 1 aliphatic rings. The molecule has 1 saturated heterocycles. The van der Waals surface area contributed by atoms with Gasteiger partial charge in [0.25, 0.3) is 0 Å². The first-order valence-corrected chi connectivity index (χ1v) is 9.21. The Morgan fingerprint density at radius 2 is 2.00 bits per heavy atom. The minimum absolute atomic E-state index is 0.186. The highest BCUT2D eigenvalue weighted by Gasteiger charge is 2.20. The smallest absolute Gasteiger partial charge is 0.336 e. The Kier molecular flexibility index (Phi) is 4.06. The molecule has 0 atom stereocenters. The fourth-order valence-electron chi connectivity index (χ4n) is 2.86. The Hall–Kier alpha value is -1.66. The van der Waals surface area contributed by atoms with E-state index in [1.54, 1.807) is 0 Å². The molecule has 1 aliphatic heterocycles. The van der Waals surface area contributed by atoms with E-state index in [1.165, 1.54) is 6.07 Å². The number of aryl methyl sites for hydroxylation is 1. The van der Waals surface area contributed by atoms with E-state index in [4.69, 9.17) is 4.42 Å². The first-order valence-electron chi connectivity index (χ1n) is 7.39. The molecular formula is C16H19NO4S. The number of nitrogens with zero attached hydrogens (tertiary/aromatic N) is 1. The Labute approximate surface area is 129 Å². The van der Waals surface area contributed by atoms with Crippen molar-refractivity contribution in [2.45, 2.75) is 19.9 Å². The number of fused-ring (bicyclic) bond motifs is 1. The second-order valence-electron chi connectivity index (χ2n) is 5.87. The average Bonchev–Trinajstić information content (AvgIpc) is 2.59. The molecule has 2 heterocycles. The van der Waals surface area contributed by atoms with Gasteiger partial charge in [0.15, 0.2) is 9.84 Å². The first-order chi connectivity index (χ1) is 10.4. The maximum absolute atomic E-state index is 11.7. The maximum Gasteiger partial charge on any atom is 0.336 e. The summed E-state index contributed by atoms with van der Waals surface area (Å²) < 4.78 is 28.6. The monoisotopic (exact) mass is 321 g/mol. The van der Waals surface area contributed by atoms with Crippen LogP contribution >= 0.6 is 0 Å². The highest BCUT2D eigenvalue weighted by molar-refractivity contribution is 7.91. The molecule has 0 spiro atoms. The third-order valence-corrected chi connectivity index (χ3v) is 5.74. The van der Waals surface area contributed by atoms with E-state index in [1.807, 2.05) is 25.1 Å². The lowest BCUT2D eigenvalue weighted by Gasteiger charge is -2.19. The Morgan fingerprint density at radius 1 is 1.18 bits per heavy atom. The second kappa shape index (κ2) is 5.85.